The zero-order valence-corrected chi connectivity index (χ0v) is 27.2. The summed E-state index contributed by atoms with van der Waals surface area (Å²) in [6.45, 7) is 13.5. The number of rotatable bonds is 5. The van der Waals surface area contributed by atoms with Crippen LogP contribution in [-0.2, 0) is 23.7 Å². The van der Waals surface area contributed by atoms with E-state index in [-0.39, 0.29) is 30.7 Å². The van der Waals surface area contributed by atoms with Crippen molar-refractivity contribution in [3.05, 3.63) is 0 Å². The second kappa shape index (κ2) is 14.6. The van der Waals surface area contributed by atoms with E-state index in [0.717, 1.165) is 0 Å². The maximum Gasteiger partial charge on any atom is 0.311 e. The first-order valence-corrected chi connectivity index (χ1v) is 15.1. The van der Waals surface area contributed by atoms with Crippen molar-refractivity contribution in [3.63, 3.8) is 0 Å². The third-order valence-corrected chi connectivity index (χ3v) is 9.68. The van der Waals surface area contributed by atoms with Gasteiger partial charge in [0.2, 0.25) is 0 Å². The molecule has 2 rings (SSSR count). The van der Waals surface area contributed by atoms with Gasteiger partial charge in [-0.3, -0.25) is 4.79 Å². The number of aliphatic hydroxyl groups is 4. The molecule has 42 heavy (non-hydrogen) atoms. The summed E-state index contributed by atoms with van der Waals surface area (Å²) in [4.78, 5) is 15.2. The molecule has 0 aromatic carbocycles. The highest BCUT2D eigenvalue weighted by molar-refractivity contribution is 5.88. The van der Waals surface area contributed by atoms with Gasteiger partial charge in [-0.2, -0.15) is 0 Å². The minimum Gasteiger partial charge on any atom is -0.459 e. The molecule has 0 saturated carbocycles. The molecule has 0 aromatic rings. The van der Waals surface area contributed by atoms with Gasteiger partial charge in [0.1, 0.15) is 17.8 Å². The van der Waals surface area contributed by atoms with Gasteiger partial charge in [0.25, 0.3) is 0 Å². The van der Waals surface area contributed by atoms with Crippen LogP contribution >= 0.6 is 0 Å². The maximum atomic E-state index is 13.3. The molecule has 0 bridgehead atoms. The lowest BCUT2D eigenvalue weighted by Crippen LogP contribution is -2.60. The number of ether oxygens (including phenoxy) is 4. The average molecular weight is 605 g/mol. The molecule has 0 amide bonds. The fraction of sp³-hybridized carbons (Fsp3) is 0.933. The highest BCUT2D eigenvalue weighted by Crippen LogP contribution is 2.39. The van der Waals surface area contributed by atoms with Gasteiger partial charge in [-0.15, -0.1) is 0 Å². The smallest absolute Gasteiger partial charge is 0.311 e. The van der Waals surface area contributed by atoms with E-state index in [9.17, 15) is 30.4 Å². The molecule has 2 saturated heterocycles. The molecule has 12 nitrogen and oxygen atoms in total. The van der Waals surface area contributed by atoms with E-state index in [1.54, 1.807) is 27.7 Å². The molecule has 0 aromatic heterocycles. The topological polar surface area (TPSA) is 171 Å². The molecule has 2 aliphatic heterocycles. The number of nitrogens with zero attached hydrogens (tertiary/aromatic N) is 2. The predicted molar refractivity (Wildman–Crippen MR) is 156 cm³/mol. The lowest BCUT2D eigenvalue weighted by Gasteiger charge is -2.48. The maximum absolute atomic E-state index is 13.3. The molecular formula is C30H56N2O10. The van der Waals surface area contributed by atoms with Gasteiger partial charge in [-0.05, 0) is 61.1 Å². The van der Waals surface area contributed by atoms with Crippen LogP contribution < -0.4 is 0 Å². The van der Waals surface area contributed by atoms with Gasteiger partial charge in [0.05, 0.1) is 41.6 Å². The van der Waals surface area contributed by atoms with Gasteiger partial charge in [-0.1, -0.05) is 32.9 Å². The summed E-state index contributed by atoms with van der Waals surface area (Å²) in [5.74, 6) is -3.86. The molecule has 12 heteroatoms. The van der Waals surface area contributed by atoms with Crippen LogP contribution in [0.1, 0.15) is 74.7 Å². The molecular weight excluding hydrogens is 548 g/mol. The van der Waals surface area contributed by atoms with E-state index in [0.29, 0.717) is 6.42 Å². The summed E-state index contributed by atoms with van der Waals surface area (Å²) in [6, 6.07) is -0.242. The lowest BCUT2D eigenvalue weighted by atomic mass is 9.73. The van der Waals surface area contributed by atoms with Crippen molar-refractivity contribution in [1.82, 2.24) is 4.90 Å². The van der Waals surface area contributed by atoms with Crippen LogP contribution in [0.5, 0.6) is 0 Å². The largest absolute Gasteiger partial charge is 0.459 e. The molecule has 2 fully saturated rings. The number of hydrogen-bond acceptors (Lipinski definition) is 12. The van der Waals surface area contributed by atoms with Crippen molar-refractivity contribution in [2.45, 2.75) is 135 Å². The van der Waals surface area contributed by atoms with Crippen molar-refractivity contribution < 1.29 is 49.4 Å². The van der Waals surface area contributed by atoms with Gasteiger partial charge in [0, 0.05) is 30.9 Å². The third-order valence-electron chi connectivity index (χ3n) is 9.68. The number of oxime groups is 1. The highest BCUT2D eigenvalue weighted by atomic mass is 16.7. The van der Waals surface area contributed by atoms with Crippen molar-refractivity contribution in [1.29, 1.82) is 0 Å². The van der Waals surface area contributed by atoms with Crippen molar-refractivity contribution >= 4 is 11.7 Å². The van der Waals surface area contributed by atoms with Crippen LogP contribution in [-0.4, -0.2) is 124 Å². The molecule has 2 aliphatic rings. The van der Waals surface area contributed by atoms with Crippen molar-refractivity contribution in [2.24, 2.45) is 28.8 Å². The minimum absolute atomic E-state index is 0.192. The molecule has 2 heterocycles. The van der Waals surface area contributed by atoms with Gasteiger partial charge in [-0.25, -0.2) is 0 Å². The summed E-state index contributed by atoms with van der Waals surface area (Å²) in [7, 11) is 5.24. The summed E-state index contributed by atoms with van der Waals surface area (Å²) in [6.07, 6.45) is -6.06. The van der Waals surface area contributed by atoms with E-state index < -0.39 is 77.7 Å². The first-order chi connectivity index (χ1) is 19.4. The Balaban J connectivity index is 2.65. The zero-order chi connectivity index (χ0) is 32.3. The lowest BCUT2D eigenvalue weighted by molar-refractivity contribution is -0.301. The molecule has 246 valence electrons. The summed E-state index contributed by atoms with van der Waals surface area (Å²) >= 11 is 0. The van der Waals surface area contributed by atoms with Crippen LogP contribution in [0.25, 0.3) is 0 Å². The second-order valence-corrected chi connectivity index (χ2v) is 13.2. The molecule has 0 aliphatic carbocycles. The van der Waals surface area contributed by atoms with Crippen molar-refractivity contribution in [3.8, 4) is 0 Å². The summed E-state index contributed by atoms with van der Waals surface area (Å²) < 4.78 is 24.3. The molecule has 4 unspecified atom stereocenters. The second-order valence-electron chi connectivity index (χ2n) is 13.2. The van der Waals surface area contributed by atoms with Crippen LogP contribution in [0.15, 0.2) is 5.16 Å². The zero-order valence-electron chi connectivity index (χ0n) is 27.2. The Morgan fingerprint density at radius 3 is 2.14 bits per heavy atom. The predicted octanol–water partition coefficient (Wildman–Crippen LogP) is 1.78. The highest BCUT2D eigenvalue weighted by Gasteiger charge is 2.51. The van der Waals surface area contributed by atoms with E-state index in [2.05, 4.69) is 5.16 Å². The van der Waals surface area contributed by atoms with E-state index in [1.807, 2.05) is 32.8 Å². The number of carbonyl (C=O) groups is 1. The van der Waals surface area contributed by atoms with Gasteiger partial charge >= 0.3 is 5.97 Å². The summed E-state index contributed by atoms with van der Waals surface area (Å²) in [5, 5.41) is 59.0. The average Bonchev–Trinajstić information content (AvgIpc) is 2.93. The molecule has 0 spiro atoms. The van der Waals surface area contributed by atoms with E-state index in [4.69, 9.17) is 18.9 Å². The number of likely N-dealkylation sites (N-methyl/N-ethyl adjacent to an activating group) is 1. The summed E-state index contributed by atoms with van der Waals surface area (Å²) in [5.41, 5.74) is -2.84. The number of cyclic esters (lactones) is 1. The number of esters is 1. The Bertz CT molecular complexity index is 917. The standard InChI is InChI=1S/C30H56N2O10/c1-12-21-30(8,37)25(35)17(4)22(31-38)15(2)14-29(7,39-11)26(18(5)23(33)19(6)27(36)41-21)42-28-24(34)20(32(9)10)13-16(3)40-28/h15-21,23-26,28,33-35,37-38H,12-14H2,1-11H3/b31-22+/t15-,16?,17+,18+,19-,20?,21-,23+,24?,25-,26-,28?,29-,30-/m1/s1. The number of aliphatic hydroxyl groups excluding tert-OH is 3. The Morgan fingerprint density at radius 2 is 1.64 bits per heavy atom. The normalized spacial score (nSPS) is 47.7. The first kappa shape index (κ1) is 36.8. The quantitative estimate of drug-likeness (QED) is 0.176. The molecule has 14 atom stereocenters. The van der Waals surface area contributed by atoms with Crippen LogP contribution in [0.2, 0.25) is 0 Å². The number of carbonyl (C=O) groups excluding carboxylic acids is 1. The third kappa shape index (κ3) is 7.63. The molecule has 5 N–H and O–H groups in total. The van der Waals surface area contributed by atoms with Gasteiger partial charge < -0.3 is 49.5 Å². The Morgan fingerprint density at radius 1 is 1.05 bits per heavy atom. The fourth-order valence-corrected chi connectivity index (χ4v) is 6.79. The fourth-order valence-electron chi connectivity index (χ4n) is 6.79. The Hall–Kier alpha value is -1.38. The first-order valence-electron chi connectivity index (χ1n) is 15.1. The van der Waals surface area contributed by atoms with Crippen LogP contribution in [0, 0.1) is 23.7 Å². The minimum atomic E-state index is -1.88. The number of methoxy groups -OCH3 is 1. The Labute approximate surface area is 251 Å². The monoisotopic (exact) mass is 604 g/mol. The number of hydrogen-bond donors (Lipinski definition) is 5. The van der Waals surface area contributed by atoms with Crippen molar-refractivity contribution in [2.75, 3.05) is 21.2 Å². The SMILES string of the molecule is CC[C@H]1OC(=O)[C@H](C)[C@@H](O)[C@H](C)[C@@H](OC2OC(C)CC(N(C)C)C2O)[C@](C)(OC)C[C@@H](C)/C(=N\O)[C@H](C)[C@@H](O)[C@]1(C)O. The van der Waals surface area contributed by atoms with Crippen LogP contribution in [0.4, 0.5) is 0 Å². The van der Waals surface area contributed by atoms with E-state index >= 15 is 0 Å². The molecule has 0 radical (unpaired) electrons. The Kier molecular flexibility index (Phi) is 12.8. The van der Waals surface area contributed by atoms with E-state index in [1.165, 1.54) is 21.0 Å². The van der Waals surface area contributed by atoms with Crippen LogP contribution in [0.3, 0.4) is 0 Å². The van der Waals surface area contributed by atoms with Gasteiger partial charge in [0.15, 0.2) is 6.29 Å².